The van der Waals surface area contributed by atoms with Gasteiger partial charge in [0, 0.05) is 28.1 Å². The van der Waals surface area contributed by atoms with E-state index in [0.717, 1.165) is 11.3 Å². The van der Waals surface area contributed by atoms with Gasteiger partial charge in [0.05, 0.1) is 11.3 Å². The molecule has 0 saturated carbocycles. The van der Waals surface area contributed by atoms with Crippen molar-refractivity contribution in [3.8, 4) is 23.1 Å². The first-order valence-corrected chi connectivity index (χ1v) is 11.4. The first kappa shape index (κ1) is 21.4. The minimum atomic E-state index is -0.304. The number of nitriles is 1. The summed E-state index contributed by atoms with van der Waals surface area (Å²) in [6, 6.07) is 17.6. The lowest BCUT2D eigenvalue weighted by molar-refractivity contribution is -0.118. The molecule has 0 fully saturated rings. The number of thiazole rings is 2. The quantitative estimate of drug-likeness (QED) is 0.361. The Labute approximate surface area is 193 Å². The number of nitrogens with one attached hydrogen (secondary N) is 1. The molecular weight excluding hydrogens is 440 g/mol. The average Bonchev–Trinajstić information content (AvgIpc) is 3.50. The van der Waals surface area contributed by atoms with E-state index in [1.165, 1.54) is 28.2 Å². The summed E-state index contributed by atoms with van der Waals surface area (Å²) in [7, 11) is 0. The summed E-state index contributed by atoms with van der Waals surface area (Å²) in [5.41, 5.74) is 4.13. The smallest absolute Gasteiger partial charge is 0.264 e. The highest BCUT2D eigenvalue weighted by Crippen LogP contribution is 2.29. The number of ether oxygens (including phenoxy) is 1. The van der Waals surface area contributed by atoms with Gasteiger partial charge in [0.1, 0.15) is 16.8 Å². The van der Waals surface area contributed by atoms with E-state index >= 15 is 0 Å². The molecule has 8 heteroatoms. The number of anilines is 1. The number of amides is 1. The van der Waals surface area contributed by atoms with Crippen molar-refractivity contribution in [2.75, 3.05) is 11.9 Å². The number of para-hydroxylation sites is 1. The monoisotopic (exact) mass is 458 g/mol. The Balaban J connectivity index is 1.52. The van der Waals surface area contributed by atoms with Crippen molar-refractivity contribution in [2.24, 2.45) is 0 Å². The Kier molecular flexibility index (Phi) is 6.70. The first-order chi connectivity index (χ1) is 15.6. The van der Waals surface area contributed by atoms with Gasteiger partial charge in [-0.3, -0.25) is 10.1 Å². The number of carbonyl (C=O) groups is 1. The van der Waals surface area contributed by atoms with Crippen molar-refractivity contribution in [2.45, 2.75) is 6.92 Å². The second-order valence-electron chi connectivity index (χ2n) is 6.79. The molecular formula is C24H18N4O2S2. The lowest BCUT2D eigenvalue weighted by Gasteiger charge is -2.09. The van der Waals surface area contributed by atoms with Crippen LogP contribution in [0.5, 0.6) is 5.75 Å². The van der Waals surface area contributed by atoms with E-state index in [1.807, 2.05) is 54.8 Å². The van der Waals surface area contributed by atoms with Crippen molar-refractivity contribution < 1.29 is 9.53 Å². The zero-order valence-electron chi connectivity index (χ0n) is 17.1. The number of aromatic nitrogens is 2. The largest absolute Gasteiger partial charge is 0.483 e. The van der Waals surface area contributed by atoms with Gasteiger partial charge < -0.3 is 4.74 Å². The molecule has 0 radical (unpaired) electrons. The summed E-state index contributed by atoms with van der Waals surface area (Å²) >= 11 is 2.75. The maximum atomic E-state index is 12.1. The van der Waals surface area contributed by atoms with Crippen molar-refractivity contribution in [1.29, 1.82) is 5.26 Å². The molecule has 2 aromatic heterocycles. The Morgan fingerprint density at radius 3 is 2.75 bits per heavy atom. The number of nitrogens with zero attached hydrogens (tertiary/aromatic N) is 3. The van der Waals surface area contributed by atoms with Crippen LogP contribution in [0, 0.1) is 18.3 Å². The van der Waals surface area contributed by atoms with Gasteiger partial charge in [0.25, 0.3) is 5.91 Å². The Hall–Kier alpha value is -3.80. The van der Waals surface area contributed by atoms with E-state index in [9.17, 15) is 10.1 Å². The molecule has 0 aliphatic carbocycles. The summed E-state index contributed by atoms with van der Waals surface area (Å²) in [5, 5.41) is 17.3. The van der Waals surface area contributed by atoms with Crippen LogP contribution < -0.4 is 10.1 Å². The summed E-state index contributed by atoms with van der Waals surface area (Å²) in [6.07, 6.45) is 3.35. The molecule has 32 heavy (non-hydrogen) atoms. The highest BCUT2D eigenvalue weighted by atomic mass is 32.1. The molecule has 0 spiro atoms. The van der Waals surface area contributed by atoms with Crippen molar-refractivity contribution in [3.05, 3.63) is 81.6 Å². The van der Waals surface area contributed by atoms with Crippen LogP contribution in [0.4, 0.5) is 5.13 Å². The van der Waals surface area contributed by atoms with Crippen molar-refractivity contribution in [1.82, 2.24) is 9.97 Å². The predicted octanol–water partition coefficient (Wildman–Crippen LogP) is 5.66. The number of hydrogen-bond acceptors (Lipinski definition) is 7. The normalized spacial score (nSPS) is 11.1. The van der Waals surface area contributed by atoms with Gasteiger partial charge in [-0.05, 0) is 19.1 Å². The van der Waals surface area contributed by atoms with Gasteiger partial charge in [0.15, 0.2) is 11.7 Å². The molecule has 2 aromatic carbocycles. The second-order valence-corrected chi connectivity index (χ2v) is 8.54. The van der Waals surface area contributed by atoms with Crippen LogP contribution in [0.3, 0.4) is 0 Å². The summed E-state index contributed by atoms with van der Waals surface area (Å²) in [4.78, 5) is 20.8. The second kappa shape index (κ2) is 10.0. The molecule has 0 aliphatic heterocycles. The molecule has 1 N–H and O–H groups in total. The lowest BCUT2D eigenvalue weighted by Crippen LogP contribution is -2.20. The van der Waals surface area contributed by atoms with E-state index < -0.39 is 0 Å². The van der Waals surface area contributed by atoms with Crippen LogP contribution in [0.1, 0.15) is 16.1 Å². The Morgan fingerprint density at radius 2 is 2.00 bits per heavy atom. The van der Waals surface area contributed by atoms with E-state index in [1.54, 1.807) is 23.7 Å². The van der Waals surface area contributed by atoms with E-state index in [-0.39, 0.29) is 12.5 Å². The molecule has 1 amide bonds. The van der Waals surface area contributed by atoms with E-state index in [4.69, 9.17) is 4.74 Å². The molecule has 4 rings (SSSR count). The van der Waals surface area contributed by atoms with Crippen LogP contribution in [0.2, 0.25) is 0 Å². The van der Waals surface area contributed by atoms with Crippen LogP contribution in [-0.2, 0) is 4.79 Å². The van der Waals surface area contributed by atoms with Gasteiger partial charge in [-0.2, -0.15) is 5.26 Å². The topological polar surface area (TPSA) is 87.9 Å². The van der Waals surface area contributed by atoms with E-state index in [2.05, 4.69) is 21.4 Å². The van der Waals surface area contributed by atoms with Crippen molar-refractivity contribution in [3.63, 3.8) is 0 Å². The maximum absolute atomic E-state index is 12.1. The Bertz CT molecular complexity index is 1290. The summed E-state index contributed by atoms with van der Waals surface area (Å²) in [6.45, 7) is 1.87. The molecule has 0 bridgehead atoms. The van der Waals surface area contributed by atoms with Crippen LogP contribution >= 0.6 is 22.7 Å². The SMILES string of the molecule is Cc1ccc(-c2csc(/C(C#N)=C/c3ccccc3OCC(=O)Nc3nccs3)n2)cc1. The van der Waals surface area contributed by atoms with Crippen molar-refractivity contribution >= 4 is 45.4 Å². The number of carbonyl (C=O) groups excluding carboxylic acids is 1. The molecule has 158 valence electrons. The molecule has 6 nitrogen and oxygen atoms in total. The minimum absolute atomic E-state index is 0.166. The average molecular weight is 459 g/mol. The van der Waals surface area contributed by atoms with E-state index in [0.29, 0.717) is 27.0 Å². The zero-order valence-corrected chi connectivity index (χ0v) is 18.7. The van der Waals surface area contributed by atoms with Crippen LogP contribution in [-0.4, -0.2) is 22.5 Å². The number of allylic oxidation sites excluding steroid dienone is 1. The number of benzene rings is 2. The zero-order chi connectivity index (χ0) is 22.3. The first-order valence-electron chi connectivity index (χ1n) is 9.68. The van der Waals surface area contributed by atoms with Gasteiger partial charge in [-0.15, -0.1) is 22.7 Å². The van der Waals surface area contributed by atoms with Crippen LogP contribution in [0.25, 0.3) is 22.9 Å². The van der Waals surface area contributed by atoms with Crippen LogP contribution in [0.15, 0.2) is 65.5 Å². The molecule has 0 saturated heterocycles. The fourth-order valence-electron chi connectivity index (χ4n) is 2.87. The number of hydrogen-bond donors (Lipinski definition) is 1. The predicted molar refractivity (Wildman–Crippen MR) is 128 cm³/mol. The molecule has 0 unspecified atom stereocenters. The molecule has 0 atom stereocenters. The molecule has 2 heterocycles. The lowest BCUT2D eigenvalue weighted by atomic mass is 10.1. The maximum Gasteiger partial charge on any atom is 0.264 e. The van der Waals surface area contributed by atoms with Gasteiger partial charge >= 0.3 is 0 Å². The Morgan fingerprint density at radius 1 is 1.19 bits per heavy atom. The molecule has 0 aliphatic rings. The van der Waals surface area contributed by atoms with Gasteiger partial charge in [-0.25, -0.2) is 9.97 Å². The number of rotatable bonds is 7. The standard InChI is InChI=1S/C24H18N4O2S2/c1-16-6-8-17(9-7-16)20-15-32-23(27-20)19(13-25)12-18-4-2-3-5-21(18)30-14-22(29)28-24-26-10-11-31-24/h2-12,15H,14H2,1H3,(H,26,28,29)/b19-12+. The third-order valence-corrected chi connectivity index (χ3v) is 6.02. The number of aryl methyl sites for hydroxylation is 1. The summed E-state index contributed by atoms with van der Waals surface area (Å²) < 4.78 is 5.71. The van der Waals surface area contributed by atoms with Gasteiger partial charge in [-0.1, -0.05) is 48.0 Å². The third kappa shape index (κ3) is 5.27. The fraction of sp³-hybridized carbons (Fsp3) is 0.0833. The third-order valence-electron chi connectivity index (χ3n) is 4.46. The molecule has 4 aromatic rings. The summed E-state index contributed by atoms with van der Waals surface area (Å²) in [5.74, 6) is 0.201. The highest BCUT2D eigenvalue weighted by Gasteiger charge is 2.12. The highest BCUT2D eigenvalue weighted by molar-refractivity contribution is 7.13. The minimum Gasteiger partial charge on any atom is -0.483 e. The fourth-order valence-corrected chi connectivity index (χ4v) is 4.21. The van der Waals surface area contributed by atoms with Gasteiger partial charge in [0.2, 0.25) is 0 Å².